The van der Waals surface area contributed by atoms with Gasteiger partial charge in [-0.2, -0.15) is 0 Å². The molecule has 0 radical (unpaired) electrons. The van der Waals surface area contributed by atoms with Crippen molar-refractivity contribution in [1.82, 2.24) is 5.32 Å². The summed E-state index contributed by atoms with van der Waals surface area (Å²) in [5.41, 5.74) is 1.66. The van der Waals surface area contributed by atoms with Gasteiger partial charge in [0.2, 0.25) is 5.90 Å². The molecule has 0 saturated heterocycles. The van der Waals surface area contributed by atoms with Crippen molar-refractivity contribution in [1.29, 1.82) is 0 Å². The van der Waals surface area contributed by atoms with Crippen molar-refractivity contribution in [3.63, 3.8) is 0 Å². The first-order valence-corrected chi connectivity index (χ1v) is 8.06. The third-order valence-electron chi connectivity index (χ3n) is 3.66. The third kappa shape index (κ3) is 3.43. The van der Waals surface area contributed by atoms with Crippen molar-refractivity contribution >= 4 is 23.2 Å². The molecule has 4 nitrogen and oxygen atoms in total. The van der Waals surface area contributed by atoms with Crippen LogP contribution in [0.1, 0.15) is 31.0 Å². The molecule has 2 N–H and O–H groups in total. The number of aliphatic hydroxyl groups excluding tert-OH is 1. The van der Waals surface area contributed by atoms with Crippen molar-refractivity contribution < 1.29 is 14.2 Å². The van der Waals surface area contributed by atoms with Gasteiger partial charge in [-0.1, -0.05) is 29.8 Å². The fourth-order valence-corrected chi connectivity index (χ4v) is 2.84. The first-order valence-electron chi connectivity index (χ1n) is 7.69. The summed E-state index contributed by atoms with van der Waals surface area (Å²) in [6, 6.07) is 11.0. The van der Waals surface area contributed by atoms with Gasteiger partial charge in [-0.15, -0.1) is 0 Å². The van der Waals surface area contributed by atoms with Gasteiger partial charge in [-0.05, 0) is 38.1 Å². The number of hydrogen-bond acceptors (Lipinski definition) is 4. The minimum absolute atomic E-state index is 0.146. The smallest absolute Gasteiger partial charge is 0.234 e. The van der Waals surface area contributed by atoms with Crippen molar-refractivity contribution in [2.75, 3.05) is 0 Å². The number of rotatable bonds is 2. The molecular formula is C18H18ClFN2O2. The Bertz CT molecular complexity index is 779. The molecule has 1 aliphatic heterocycles. The molecule has 2 atom stereocenters. The average Bonchev–Trinajstić information content (AvgIpc) is 2.65. The quantitative estimate of drug-likeness (QED) is 0.864. The summed E-state index contributed by atoms with van der Waals surface area (Å²) in [7, 11) is 0. The minimum Gasteiger partial charge on any atom is -0.475 e. The normalized spacial score (nSPS) is 20.3. The first-order chi connectivity index (χ1) is 11.5. The molecule has 1 heterocycles. The van der Waals surface area contributed by atoms with E-state index in [0.717, 1.165) is 0 Å². The van der Waals surface area contributed by atoms with Gasteiger partial charge in [-0.3, -0.25) is 5.32 Å². The number of aliphatic imine (C=N–C) groups is 1. The lowest BCUT2D eigenvalue weighted by molar-refractivity contribution is 0.131. The van der Waals surface area contributed by atoms with Crippen LogP contribution in [0.4, 0.5) is 10.1 Å². The van der Waals surface area contributed by atoms with Crippen LogP contribution in [-0.2, 0) is 4.74 Å². The maximum absolute atomic E-state index is 14.3. The lowest BCUT2D eigenvalue weighted by Gasteiger charge is -2.23. The highest BCUT2D eigenvalue weighted by Gasteiger charge is 2.29. The van der Waals surface area contributed by atoms with Crippen molar-refractivity contribution in [2.24, 2.45) is 4.99 Å². The molecular weight excluding hydrogens is 331 g/mol. The molecule has 0 saturated carbocycles. The van der Waals surface area contributed by atoms with E-state index in [1.54, 1.807) is 36.4 Å². The van der Waals surface area contributed by atoms with E-state index in [-0.39, 0.29) is 17.8 Å². The van der Waals surface area contributed by atoms with Crippen LogP contribution in [0.2, 0.25) is 5.02 Å². The monoisotopic (exact) mass is 348 g/mol. The zero-order valence-corrected chi connectivity index (χ0v) is 14.1. The van der Waals surface area contributed by atoms with E-state index in [4.69, 9.17) is 16.3 Å². The highest BCUT2D eigenvalue weighted by Crippen LogP contribution is 2.36. The van der Waals surface area contributed by atoms with Crippen LogP contribution in [0.3, 0.4) is 0 Å². The van der Waals surface area contributed by atoms with Crippen molar-refractivity contribution in [2.45, 2.75) is 32.2 Å². The Balaban J connectivity index is 2.12. The van der Waals surface area contributed by atoms with E-state index in [2.05, 4.69) is 10.3 Å². The van der Waals surface area contributed by atoms with E-state index in [0.29, 0.717) is 21.8 Å². The summed E-state index contributed by atoms with van der Waals surface area (Å²) < 4.78 is 19.9. The standard InChI is InChI=1S/C18H18ClFN2O2/c1-10(2)24-18-17(23)22-16(12-5-3-4-6-14(12)20)13-9-11(19)7-8-15(13)21-18/h3-10,16-17,22-23H,1-2H3. The van der Waals surface area contributed by atoms with Crippen LogP contribution in [0.5, 0.6) is 0 Å². The van der Waals surface area contributed by atoms with E-state index in [1.165, 1.54) is 6.07 Å². The lowest BCUT2D eigenvalue weighted by Crippen LogP contribution is -2.40. The van der Waals surface area contributed by atoms with E-state index in [1.807, 2.05) is 13.8 Å². The van der Waals surface area contributed by atoms with Gasteiger partial charge >= 0.3 is 0 Å². The summed E-state index contributed by atoms with van der Waals surface area (Å²) in [6.45, 7) is 3.69. The number of fused-ring (bicyclic) bond motifs is 1. The molecule has 3 rings (SSSR count). The van der Waals surface area contributed by atoms with E-state index < -0.39 is 12.3 Å². The van der Waals surface area contributed by atoms with Gasteiger partial charge in [-0.25, -0.2) is 9.38 Å². The van der Waals surface area contributed by atoms with Crippen LogP contribution in [-0.4, -0.2) is 23.3 Å². The molecule has 0 aromatic heterocycles. The third-order valence-corrected chi connectivity index (χ3v) is 3.90. The van der Waals surface area contributed by atoms with Gasteiger partial charge in [0.15, 0.2) is 6.23 Å². The number of nitrogens with one attached hydrogen (secondary N) is 1. The van der Waals surface area contributed by atoms with Gasteiger partial charge < -0.3 is 9.84 Å². The van der Waals surface area contributed by atoms with Crippen LogP contribution in [0.15, 0.2) is 47.5 Å². The molecule has 0 amide bonds. The molecule has 0 aliphatic carbocycles. The molecule has 24 heavy (non-hydrogen) atoms. The van der Waals surface area contributed by atoms with E-state index >= 15 is 0 Å². The number of benzene rings is 2. The van der Waals surface area contributed by atoms with Crippen LogP contribution >= 0.6 is 11.6 Å². The molecule has 6 heteroatoms. The second-order valence-electron chi connectivity index (χ2n) is 5.84. The zero-order chi connectivity index (χ0) is 17.3. The largest absolute Gasteiger partial charge is 0.475 e. The molecule has 2 aromatic rings. The fourth-order valence-electron chi connectivity index (χ4n) is 2.66. The SMILES string of the molecule is CC(C)OC1=Nc2ccc(Cl)cc2C(c2ccccc2F)NC1O. The number of ether oxygens (including phenoxy) is 1. The highest BCUT2D eigenvalue weighted by atomic mass is 35.5. The summed E-state index contributed by atoms with van der Waals surface area (Å²) in [5, 5.41) is 13.9. The maximum atomic E-state index is 14.3. The Hall–Kier alpha value is -1.95. The molecule has 0 bridgehead atoms. The first kappa shape index (κ1) is 16.9. The Morgan fingerprint density at radius 1 is 1.21 bits per heavy atom. The molecule has 2 unspecified atom stereocenters. The second-order valence-corrected chi connectivity index (χ2v) is 6.28. The summed E-state index contributed by atoms with van der Waals surface area (Å²) in [5.74, 6) is -0.228. The summed E-state index contributed by atoms with van der Waals surface area (Å²) in [6.07, 6.45) is -1.32. The Morgan fingerprint density at radius 3 is 2.67 bits per heavy atom. The van der Waals surface area contributed by atoms with Gasteiger partial charge in [0.1, 0.15) is 5.82 Å². The Morgan fingerprint density at radius 2 is 1.96 bits per heavy atom. The number of hydrogen-bond donors (Lipinski definition) is 2. The molecule has 1 aliphatic rings. The zero-order valence-electron chi connectivity index (χ0n) is 13.3. The maximum Gasteiger partial charge on any atom is 0.234 e. The summed E-state index contributed by atoms with van der Waals surface area (Å²) in [4.78, 5) is 4.41. The minimum atomic E-state index is -1.16. The molecule has 126 valence electrons. The number of halogens is 2. The predicted molar refractivity (Wildman–Crippen MR) is 92.2 cm³/mol. The Labute approximate surface area is 144 Å². The van der Waals surface area contributed by atoms with Gasteiger partial charge in [0.05, 0.1) is 17.8 Å². The van der Waals surface area contributed by atoms with Crippen LogP contribution in [0.25, 0.3) is 0 Å². The highest BCUT2D eigenvalue weighted by molar-refractivity contribution is 6.30. The number of aliphatic hydroxyl groups is 1. The van der Waals surface area contributed by atoms with Gasteiger partial charge in [0.25, 0.3) is 0 Å². The average molecular weight is 349 g/mol. The fraction of sp³-hybridized carbons (Fsp3) is 0.278. The molecule has 0 spiro atoms. The van der Waals surface area contributed by atoms with Gasteiger partial charge in [0, 0.05) is 16.1 Å². The summed E-state index contributed by atoms with van der Waals surface area (Å²) >= 11 is 6.12. The molecule has 0 fully saturated rings. The predicted octanol–water partition coefficient (Wildman–Crippen LogP) is 3.95. The van der Waals surface area contributed by atoms with Crippen molar-refractivity contribution in [3.05, 3.63) is 64.4 Å². The van der Waals surface area contributed by atoms with E-state index in [9.17, 15) is 9.50 Å². The topological polar surface area (TPSA) is 53.8 Å². The Kier molecular flexibility index (Phi) is 4.85. The second kappa shape index (κ2) is 6.89. The lowest BCUT2D eigenvalue weighted by atomic mass is 9.97. The van der Waals surface area contributed by atoms with Crippen LogP contribution < -0.4 is 5.32 Å². The number of nitrogens with zero attached hydrogens (tertiary/aromatic N) is 1. The molecule has 2 aromatic carbocycles. The van der Waals surface area contributed by atoms with Crippen molar-refractivity contribution in [3.8, 4) is 0 Å². The van der Waals surface area contributed by atoms with Crippen LogP contribution in [0, 0.1) is 5.82 Å².